The van der Waals surface area contributed by atoms with Gasteiger partial charge in [-0.15, -0.1) is 11.3 Å². The van der Waals surface area contributed by atoms with E-state index in [4.69, 9.17) is 4.74 Å². The Labute approximate surface area is 159 Å². The van der Waals surface area contributed by atoms with Gasteiger partial charge < -0.3 is 14.5 Å². The Morgan fingerprint density at radius 2 is 2.12 bits per heavy atom. The first-order chi connectivity index (χ1) is 12.6. The van der Waals surface area contributed by atoms with Crippen molar-refractivity contribution < 1.29 is 9.53 Å². The minimum absolute atomic E-state index is 0.0985. The molecule has 0 spiro atoms. The van der Waals surface area contributed by atoms with E-state index in [9.17, 15) is 4.79 Å². The number of carbonyl (C=O) groups is 1. The summed E-state index contributed by atoms with van der Waals surface area (Å²) in [6, 6.07) is 2.10. The lowest BCUT2D eigenvalue weighted by atomic mass is 10.1. The normalized spacial score (nSPS) is 16.1. The molecule has 3 rings (SSSR count). The Hall–Kier alpha value is -1.92. The molecule has 0 unspecified atom stereocenters. The molecule has 140 valence electrons. The van der Waals surface area contributed by atoms with Crippen LogP contribution < -0.4 is 4.90 Å². The van der Waals surface area contributed by atoms with Gasteiger partial charge in [-0.25, -0.2) is 0 Å². The van der Waals surface area contributed by atoms with Crippen LogP contribution in [0.4, 0.5) is 5.69 Å². The lowest BCUT2D eigenvalue weighted by molar-refractivity contribution is -0.130. The fourth-order valence-corrected chi connectivity index (χ4v) is 4.40. The van der Waals surface area contributed by atoms with Crippen molar-refractivity contribution >= 4 is 22.9 Å². The summed E-state index contributed by atoms with van der Waals surface area (Å²) >= 11 is 1.75. The molecule has 3 heterocycles. The molecular formula is C20H27N3O2S. The Kier molecular flexibility index (Phi) is 6.27. The molecule has 26 heavy (non-hydrogen) atoms. The lowest BCUT2D eigenvalue weighted by Crippen LogP contribution is -2.31. The third kappa shape index (κ3) is 4.43. The summed E-state index contributed by atoms with van der Waals surface area (Å²) in [7, 11) is 0. The summed E-state index contributed by atoms with van der Waals surface area (Å²) in [5.74, 6) is 0.0985. The van der Waals surface area contributed by atoms with Gasteiger partial charge in [0.1, 0.15) is 0 Å². The summed E-state index contributed by atoms with van der Waals surface area (Å²) in [5, 5.41) is 2.21. The molecule has 0 atom stereocenters. The number of aryl methyl sites for hydroxylation is 2. The zero-order valence-corrected chi connectivity index (χ0v) is 16.6. The second kappa shape index (κ2) is 8.64. The van der Waals surface area contributed by atoms with Crippen molar-refractivity contribution in [1.29, 1.82) is 0 Å². The van der Waals surface area contributed by atoms with E-state index in [-0.39, 0.29) is 5.91 Å². The predicted octanol–water partition coefficient (Wildman–Crippen LogP) is 3.54. The lowest BCUT2D eigenvalue weighted by Gasteiger charge is -2.28. The van der Waals surface area contributed by atoms with Gasteiger partial charge in [-0.1, -0.05) is 0 Å². The van der Waals surface area contributed by atoms with Crippen LogP contribution in [-0.2, 0) is 22.6 Å². The van der Waals surface area contributed by atoms with Gasteiger partial charge in [0.15, 0.2) is 0 Å². The maximum atomic E-state index is 12.0. The van der Waals surface area contributed by atoms with Gasteiger partial charge in [0.25, 0.3) is 0 Å². The van der Waals surface area contributed by atoms with E-state index in [1.165, 1.54) is 27.3 Å². The van der Waals surface area contributed by atoms with Gasteiger partial charge in [-0.2, -0.15) is 0 Å². The van der Waals surface area contributed by atoms with Gasteiger partial charge in [-0.3, -0.25) is 9.78 Å². The molecule has 5 nitrogen and oxygen atoms in total. The van der Waals surface area contributed by atoms with Crippen molar-refractivity contribution in [2.24, 2.45) is 0 Å². The maximum Gasteiger partial charge on any atom is 0.219 e. The number of hydrogen-bond acceptors (Lipinski definition) is 5. The van der Waals surface area contributed by atoms with Gasteiger partial charge in [0, 0.05) is 50.4 Å². The van der Waals surface area contributed by atoms with E-state index in [0.717, 1.165) is 26.1 Å². The van der Waals surface area contributed by atoms with E-state index in [2.05, 4.69) is 35.2 Å². The van der Waals surface area contributed by atoms with Crippen molar-refractivity contribution in [1.82, 2.24) is 9.88 Å². The molecule has 6 heteroatoms. The number of anilines is 1. The van der Waals surface area contributed by atoms with E-state index in [1.807, 2.05) is 17.3 Å². The largest absolute Gasteiger partial charge is 0.380 e. The summed E-state index contributed by atoms with van der Waals surface area (Å²) in [6.07, 6.45) is 4.75. The van der Waals surface area contributed by atoms with Crippen molar-refractivity contribution in [3.05, 3.63) is 45.4 Å². The highest BCUT2D eigenvalue weighted by Gasteiger charge is 2.21. The number of carbonyl (C=O) groups excluding carboxylic acids is 1. The Morgan fingerprint density at radius 3 is 2.88 bits per heavy atom. The fraction of sp³-hybridized carbons (Fsp3) is 0.500. The van der Waals surface area contributed by atoms with Crippen molar-refractivity contribution in [3.63, 3.8) is 0 Å². The van der Waals surface area contributed by atoms with E-state index in [0.29, 0.717) is 19.7 Å². The molecular weight excluding hydrogens is 346 g/mol. The molecule has 0 saturated heterocycles. The highest BCUT2D eigenvalue weighted by atomic mass is 32.1. The standard InChI is InChI=1S/C20H27N3O2S/c1-15-11-21-6-5-18(15)12-23-7-4-9-25-10-8-22(17(3)24)13-19-20(23)16(2)14-26-19/h5-6,11,14H,4,7-10,12-13H2,1-3H3. The number of thiophene rings is 1. The maximum absolute atomic E-state index is 12.0. The topological polar surface area (TPSA) is 45.7 Å². The van der Waals surface area contributed by atoms with Crippen LogP contribution in [0.25, 0.3) is 0 Å². The number of hydrogen-bond donors (Lipinski definition) is 0. The van der Waals surface area contributed by atoms with E-state index < -0.39 is 0 Å². The molecule has 1 aliphatic heterocycles. The molecule has 1 aliphatic rings. The fourth-order valence-electron chi connectivity index (χ4n) is 3.34. The number of ether oxygens (including phenoxy) is 1. The number of pyridine rings is 1. The average Bonchev–Trinajstić information content (AvgIpc) is 2.95. The predicted molar refractivity (Wildman–Crippen MR) is 106 cm³/mol. The SMILES string of the molecule is CC(=O)N1CCOCCCN(Cc2ccncc2C)c2c(C)csc2C1. The van der Waals surface area contributed by atoms with Gasteiger partial charge in [0.05, 0.1) is 18.8 Å². The van der Waals surface area contributed by atoms with Crippen molar-refractivity contribution in [3.8, 4) is 0 Å². The van der Waals surface area contributed by atoms with E-state index in [1.54, 1.807) is 18.3 Å². The van der Waals surface area contributed by atoms with Crippen LogP contribution in [0.15, 0.2) is 23.8 Å². The minimum Gasteiger partial charge on any atom is -0.380 e. The summed E-state index contributed by atoms with van der Waals surface area (Å²) < 4.78 is 5.75. The number of amides is 1. The summed E-state index contributed by atoms with van der Waals surface area (Å²) in [4.78, 5) is 21.8. The zero-order valence-electron chi connectivity index (χ0n) is 15.8. The van der Waals surface area contributed by atoms with Crippen LogP contribution in [-0.4, -0.2) is 42.1 Å². The van der Waals surface area contributed by atoms with Crippen LogP contribution in [0.5, 0.6) is 0 Å². The number of nitrogens with zero attached hydrogens (tertiary/aromatic N) is 3. The third-order valence-corrected chi connectivity index (χ3v) is 5.91. The molecule has 0 saturated carbocycles. The Balaban J connectivity index is 1.94. The first-order valence-electron chi connectivity index (χ1n) is 9.11. The highest BCUT2D eigenvalue weighted by molar-refractivity contribution is 7.10. The smallest absolute Gasteiger partial charge is 0.219 e. The first-order valence-corrected chi connectivity index (χ1v) is 9.99. The van der Waals surface area contributed by atoms with Crippen LogP contribution in [0, 0.1) is 13.8 Å². The van der Waals surface area contributed by atoms with Crippen molar-refractivity contribution in [2.75, 3.05) is 31.2 Å². The Morgan fingerprint density at radius 1 is 1.27 bits per heavy atom. The molecule has 1 amide bonds. The number of aromatic nitrogens is 1. The van der Waals surface area contributed by atoms with Gasteiger partial charge in [-0.05, 0) is 48.4 Å². The second-order valence-electron chi connectivity index (χ2n) is 6.82. The second-order valence-corrected chi connectivity index (χ2v) is 7.78. The van der Waals surface area contributed by atoms with Crippen LogP contribution >= 0.6 is 11.3 Å². The third-order valence-electron chi connectivity index (χ3n) is 4.83. The molecule has 0 radical (unpaired) electrons. The molecule has 2 aromatic heterocycles. The molecule has 0 N–H and O–H groups in total. The molecule has 0 aliphatic carbocycles. The molecule has 2 aromatic rings. The molecule has 0 bridgehead atoms. The quantitative estimate of drug-likeness (QED) is 0.808. The van der Waals surface area contributed by atoms with Crippen LogP contribution in [0.2, 0.25) is 0 Å². The summed E-state index contributed by atoms with van der Waals surface area (Å²) in [5.41, 5.74) is 5.05. The minimum atomic E-state index is 0.0985. The molecule has 0 aromatic carbocycles. The van der Waals surface area contributed by atoms with Gasteiger partial charge in [0.2, 0.25) is 5.91 Å². The first kappa shape index (κ1) is 18.9. The van der Waals surface area contributed by atoms with Crippen LogP contribution in [0.3, 0.4) is 0 Å². The van der Waals surface area contributed by atoms with Crippen LogP contribution in [0.1, 0.15) is 34.9 Å². The monoisotopic (exact) mass is 373 g/mol. The van der Waals surface area contributed by atoms with Crippen molar-refractivity contribution in [2.45, 2.75) is 40.3 Å². The van der Waals surface area contributed by atoms with Gasteiger partial charge >= 0.3 is 0 Å². The number of rotatable bonds is 2. The summed E-state index contributed by atoms with van der Waals surface area (Å²) in [6.45, 7) is 10.3. The molecule has 0 fully saturated rings. The number of fused-ring (bicyclic) bond motifs is 1. The highest BCUT2D eigenvalue weighted by Crippen LogP contribution is 2.34. The van der Waals surface area contributed by atoms with E-state index >= 15 is 0 Å². The average molecular weight is 374 g/mol. The Bertz CT molecular complexity index is 759. The zero-order chi connectivity index (χ0) is 18.5.